The van der Waals surface area contributed by atoms with Crippen LogP contribution in [0.25, 0.3) is 22.6 Å². The zero-order valence-corrected chi connectivity index (χ0v) is 10.9. The number of hydrogen-bond acceptors (Lipinski definition) is 3. The van der Waals surface area contributed by atoms with E-state index >= 15 is 0 Å². The van der Waals surface area contributed by atoms with Crippen LogP contribution in [0.5, 0.6) is 0 Å². The highest BCUT2D eigenvalue weighted by Crippen LogP contribution is 2.37. The Morgan fingerprint density at radius 1 is 1.09 bits per heavy atom. The van der Waals surface area contributed by atoms with Gasteiger partial charge in [-0.3, -0.25) is 0 Å². The van der Waals surface area contributed by atoms with E-state index in [4.69, 9.17) is 9.52 Å². The van der Waals surface area contributed by atoms with Crippen LogP contribution in [0.2, 0.25) is 0 Å². The van der Waals surface area contributed by atoms with Gasteiger partial charge in [0.15, 0.2) is 5.58 Å². The van der Waals surface area contributed by atoms with Gasteiger partial charge in [-0.15, -0.1) is 0 Å². The Balaban J connectivity index is 2.25. The summed E-state index contributed by atoms with van der Waals surface area (Å²) in [5.41, 5.74) is -1.12. The van der Waals surface area contributed by atoms with Crippen LogP contribution in [-0.2, 0) is 6.18 Å². The number of halogens is 3. The molecule has 22 heavy (non-hydrogen) atoms. The van der Waals surface area contributed by atoms with Gasteiger partial charge in [0.2, 0.25) is 5.89 Å². The van der Waals surface area contributed by atoms with Crippen LogP contribution in [0.1, 0.15) is 15.9 Å². The van der Waals surface area contributed by atoms with E-state index in [9.17, 15) is 18.0 Å². The average molecular weight is 307 g/mol. The zero-order chi connectivity index (χ0) is 15.9. The van der Waals surface area contributed by atoms with Crippen LogP contribution in [0.4, 0.5) is 13.2 Å². The first-order valence-corrected chi connectivity index (χ1v) is 6.17. The lowest BCUT2D eigenvalue weighted by Crippen LogP contribution is -2.06. The number of benzene rings is 2. The molecule has 0 bridgehead atoms. The van der Waals surface area contributed by atoms with E-state index in [0.717, 1.165) is 6.07 Å². The maximum atomic E-state index is 13.0. The number of carboxylic acids is 1. The summed E-state index contributed by atoms with van der Waals surface area (Å²) in [6.07, 6.45) is -4.56. The molecule has 0 aliphatic heterocycles. The van der Waals surface area contributed by atoms with E-state index in [1.807, 2.05) is 0 Å². The number of aromatic nitrogens is 1. The maximum absolute atomic E-state index is 13.0. The van der Waals surface area contributed by atoms with Crippen LogP contribution in [0.15, 0.2) is 46.9 Å². The number of fused-ring (bicyclic) bond motifs is 1. The topological polar surface area (TPSA) is 63.3 Å². The molecular weight excluding hydrogens is 299 g/mol. The molecule has 2 aromatic carbocycles. The number of oxazole rings is 1. The van der Waals surface area contributed by atoms with E-state index in [1.54, 1.807) is 0 Å². The van der Waals surface area contributed by atoms with Gasteiger partial charge in [0.1, 0.15) is 5.52 Å². The van der Waals surface area contributed by atoms with Crippen molar-refractivity contribution in [3.05, 3.63) is 53.6 Å². The number of alkyl halides is 3. The van der Waals surface area contributed by atoms with Crippen molar-refractivity contribution >= 4 is 17.1 Å². The van der Waals surface area contributed by atoms with Gasteiger partial charge in [-0.2, -0.15) is 13.2 Å². The number of aromatic carboxylic acids is 1. The predicted octanol–water partition coefficient (Wildman–Crippen LogP) is 4.21. The summed E-state index contributed by atoms with van der Waals surface area (Å²) in [7, 11) is 0. The van der Waals surface area contributed by atoms with Crippen LogP contribution in [-0.4, -0.2) is 16.1 Å². The molecule has 0 aliphatic rings. The molecule has 0 aliphatic carbocycles. The van der Waals surface area contributed by atoms with Gasteiger partial charge in [-0.25, -0.2) is 9.78 Å². The van der Waals surface area contributed by atoms with Crippen molar-refractivity contribution < 1.29 is 27.5 Å². The fraction of sp³-hybridized carbons (Fsp3) is 0.0667. The molecule has 0 saturated heterocycles. The number of rotatable bonds is 2. The first-order chi connectivity index (χ1) is 10.4. The molecule has 7 heteroatoms. The molecular formula is C15H8F3NO3. The second-order valence-corrected chi connectivity index (χ2v) is 4.52. The SMILES string of the molecule is O=C(O)c1cccc2oc(-c3ccccc3C(F)(F)F)nc12. The Kier molecular flexibility index (Phi) is 3.13. The standard InChI is InChI=1S/C15H8F3NO3/c16-15(17,18)10-6-2-1-4-8(10)13-19-12-9(14(20)21)5-3-7-11(12)22-13/h1-7H,(H,20,21). The second kappa shape index (κ2) is 4.87. The number of carboxylic acid groups (broad SMARTS) is 1. The lowest BCUT2D eigenvalue weighted by atomic mass is 10.1. The molecule has 0 amide bonds. The summed E-state index contributed by atoms with van der Waals surface area (Å²) in [6, 6.07) is 9.04. The molecule has 112 valence electrons. The lowest BCUT2D eigenvalue weighted by Gasteiger charge is -2.09. The number of nitrogens with zero attached hydrogens (tertiary/aromatic N) is 1. The summed E-state index contributed by atoms with van der Waals surface area (Å²) in [5.74, 6) is -1.49. The van der Waals surface area contributed by atoms with Crippen molar-refractivity contribution in [3.63, 3.8) is 0 Å². The predicted molar refractivity (Wildman–Crippen MR) is 71.4 cm³/mol. The molecule has 0 saturated carbocycles. The molecule has 0 unspecified atom stereocenters. The monoisotopic (exact) mass is 307 g/mol. The maximum Gasteiger partial charge on any atom is 0.417 e. The third-order valence-corrected chi connectivity index (χ3v) is 3.11. The minimum atomic E-state index is -4.56. The third-order valence-electron chi connectivity index (χ3n) is 3.11. The van der Waals surface area contributed by atoms with E-state index in [1.165, 1.54) is 36.4 Å². The Morgan fingerprint density at radius 3 is 2.50 bits per heavy atom. The fourth-order valence-corrected chi connectivity index (χ4v) is 2.15. The van der Waals surface area contributed by atoms with Gasteiger partial charge in [-0.05, 0) is 24.3 Å². The van der Waals surface area contributed by atoms with Gasteiger partial charge in [-0.1, -0.05) is 18.2 Å². The van der Waals surface area contributed by atoms with Gasteiger partial charge in [0, 0.05) is 5.56 Å². The van der Waals surface area contributed by atoms with Crippen LogP contribution < -0.4 is 0 Å². The highest BCUT2D eigenvalue weighted by Gasteiger charge is 2.34. The molecule has 1 heterocycles. The van der Waals surface area contributed by atoms with Gasteiger partial charge in [0.05, 0.1) is 11.1 Å². The molecule has 0 fully saturated rings. The van der Waals surface area contributed by atoms with Gasteiger partial charge < -0.3 is 9.52 Å². The molecule has 0 radical (unpaired) electrons. The molecule has 1 N–H and O–H groups in total. The largest absolute Gasteiger partial charge is 0.478 e. The second-order valence-electron chi connectivity index (χ2n) is 4.52. The minimum absolute atomic E-state index is 0.0157. The molecule has 3 rings (SSSR count). The van der Waals surface area contributed by atoms with Crippen LogP contribution in [0.3, 0.4) is 0 Å². The van der Waals surface area contributed by atoms with Crippen molar-refractivity contribution in [2.75, 3.05) is 0 Å². The Bertz CT molecular complexity index is 868. The minimum Gasteiger partial charge on any atom is -0.478 e. The summed E-state index contributed by atoms with van der Waals surface area (Å²) >= 11 is 0. The fourth-order valence-electron chi connectivity index (χ4n) is 2.15. The number of carbonyl (C=O) groups is 1. The Labute approximate surface area is 121 Å². The van der Waals surface area contributed by atoms with E-state index in [2.05, 4.69) is 4.98 Å². The smallest absolute Gasteiger partial charge is 0.417 e. The summed E-state index contributed by atoms with van der Waals surface area (Å²) in [6.45, 7) is 0. The molecule has 4 nitrogen and oxygen atoms in total. The van der Waals surface area contributed by atoms with Crippen molar-refractivity contribution in [1.29, 1.82) is 0 Å². The van der Waals surface area contributed by atoms with Crippen molar-refractivity contribution in [2.45, 2.75) is 6.18 Å². The summed E-state index contributed by atoms with van der Waals surface area (Å²) in [5, 5.41) is 9.08. The normalized spacial score (nSPS) is 11.8. The van der Waals surface area contributed by atoms with E-state index in [0.29, 0.717) is 0 Å². The van der Waals surface area contributed by atoms with Crippen molar-refractivity contribution in [3.8, 4) is 11.5 Å². The number of para-hydroxylation sites is 1. The zero-order valence-electron chi connectivity index (χ0n) is 10.9. The lowest BCUT2D eigenvalue weighted by molar-refractivity contribution is -0.137. The van der Waals surface area contributed by atoms with Crippen molar-refractivity contribution in [2.24, 2.45) is 0 Å². The summed E-state index contributed by atoms with van der Waals surface area (Å²) < 4.78 is 44.4. The molecule has 0 spiro atoms. The highest BCUT2D eigenvalue weighted by molar-refractivity contribution is 6.00. The van der Waals surface area contributed by atoms with Crippen LogP contribution >= 0.6 is 0 Å². The molecule has 0 atom stereocenters. The molecule has 3 aromatic rings. The Morgan fingerprint density at radius 2 is 1.82 bits per heavy atom. The summed E-state index contributed by atoms with van der Waals surface area (Å²) in [4.78, 5) is 15.1. The molecule has 1 aromatic heterocycles. The van der Waals surface area contributed by atoms with Gasteiger partial charge >= 0.3 is 12.1 Å². The van der Waals surface area contributed by atoms with E-state index < -0.39 is 17.7 Å². The Hall–Kier alpha value is -2.83. The van der Waals surface area contributed by atoms with E-state index in [-0.39, 0.29) is 28.1 Å². The number of hydrogen-bond donors (Lipinski definition) is 1. The first-order valence-electron chi connectivity index (χ1n) is 6.17. The van der Waals surface area contributed by atoms with Crippen LogP contribution in [0, 0.1) is 0 Å². The highest BCUT2D eigenvalue weighted by atomic mass is 19.4. The first kappa shape index (κ1) is 14.1. The van der Waals surface area contributed by atoms with Gasteiger partial charge in [0.25, 0.3) is 0 Å². The average Bonchev–Trinajstić information content (AvgIpc) is 2.89. The quantitative estimate of drug-likeness (QED) is 0.770. The van der Waals surface area contributed by atoms with Crippen molar-refractivity contribution in [1.82, 2.24) is 4.98 Å². The third kappa shape index (κ3) is 2.30.